The van der Waals surface area contributed by atoms with Crippen molar-refractivity contribution in [1.29, 1.82) is 0 Å². The Morgan fingerprint density at radius 3 is 1.97 bits per heavy atom. The van der Waals surface area contributed by atoms with Crippen LogP contribution in [0.5, 0.6) is 0 Å². The molecule has 1 amide bonds. The molecule has 0 saturated heterocycles. The maximum Gasteiger partial charge on any atom is 0.407 e. The van der Waals surface area contributed by atoms with Crippen LogP contribution in [0.3, 0.4) is 0 Å². The van der Waals surface area contributed by atoms with E-state index in [4.69, 9.17) is 9.47 Å². The van der Waals surface area contributed by atoms with E-state index in [1.54, 1.807) is 0 Å². The van der Waals surface area contributed by atoms with Crippen molar-refractivity contribution in [2.75, 3.05) is 0 Å². The monoisotopic (exact) mass is 425 g/mol. The molecule has 0 fully saturated rings. The van der Waals surface area contributed by atoms with E-state index in [0.29, 0.717) is 6.61 Å². The number of amides is 1. The van der Waals surface area contributed by atoms with Gasteiger partial charge in [-0.3, -0.25) is 0 Å². The zero-order chi connectivity index (χ0) is 22.2. The number of benzene rings is 2. The Labute approximate surface area is 188 Å². The molecule has 2 atom stereocenters. The molecule has 0 unspecified atom stereocenters. The largest absolute Gasteiger partial charge is 0.445 e. The van der Waals surface area contributed by atoms with E-state index in [2.05, 4.69) is 24.4 Å². The maximum atomic E-state index is 12.3. The molecule has 0 aliphatic heterocycles. The van der Waals surface area contributed by atoms with E-state index < -0.39 is 6.09 Å². The van der Waals surface area contributed by atoms with Crippen LogP contribution < -0.4 is 5.32 Å². The van der Waals surface area contributed by atoms with Crippen LogP contribution in [-0.4, -0.2) is 18.2 Å². The van der Waals surface area contributed by atoms with Gasteiger partial charge in [-0.25, -0.2) is 4.79 Å². The van der Waals surface area contributed by atoms with Crippen molar-refractivity contribution in [3.05, 3.63) is 71.8 Å². The van der Waals surface area contributed by atoms with Gasteiger partial charge in [0.2, 0.25) is 0 Å². The van der Waals surface area contributed by atoms with Gasteiger partial charge in [0.05, 0.1) is 18.8 Å². The van der Waals surface area contributed by atoms with Gasteiger partial charge >= 0.3 is 6.09 Å². The van der Waals surface area contributed by atoms with E-state index in [-0.39, 0.29) is 18.8 Å². The van der Waals surface area contributed by atoms with Crippen molar-refractivity contribution >= 4 is 6.09 Å². The number of rotatable bonds is 15. The van der Waals surface area contributed by atoms with Crippen LogP contribution in [0.15, 0.2) is 60.7 Å². The minimum Gasteiger partial charge on any atom is -0.445 e. The molecule has 0 bridgehead atoms. The van der Waals surface area contributed by atoms with Gasteiger partial charge < -0.3 is 14.8 Å². The van der Waals surface area contributed by atoms with Gasteiger partial charge in [0.25, 0.3) is 0 Å². The third kappa shape index (κ3) is 11.0. The lowest BCUT2D eigenvalue weighted by Gasteiger charge is -2.25. The summed E-state index contributed by atoms with van der Waals surface area (Å²) in [6, 6.07) is 19.8. The number of nitrogens with one attached hydrogen (secondary N) is 1. The molecule has 0 spiro atoms. The minimum atomic E-state index is -0.399. The lowest BCUT2D eigenvalue weighted by atomic mass is 10.0. The molecule has 0 aliphatic rings. The molecular formula is C27H39NO3. The molecule has 0 aromatic heterocycles. The Hall–Kier alpha value is -2.33. The van der Waals surface area contributed by atoms with Gasteiger partial charge in [-0.2, -0.15) is 0 Å². The molecule has 0 heterocycles. The quantitative estimate of drug-likeness (QED) is 0.312. The first-order valence-corrected chi connectivity index (χ1v) is 11.8. The summed E-state index contributed by atoms with van der Waals surface area (Å²) < 4.78 is 11.6. The number of unbranched alkanes of at least 4 members (excludes halogenated alkanes) is 6. The standard InChI is InChI=1S/C27H39NO3/c1-3-4-5-6-7-8-15-20-26(30-21-24-16-11-9-12-17-24)23(2)28-27(29)31-22-25-18-13-10-14-19-25/h9-14,16-19,23,26H,3-8,15,20-22H2,1-2H3,(H,28,29)/t23-,26+/m1/s1. The number of ether oxygens (including phenoxy) is 2. The lowest BCUT2D eigenvalue weighted by molar-refractivity contribution is 0.0107. The highest BCUT2D eigenvalue weighted by Gasteiger charge is 2.20. The Morgan fingerprint density at radius 2 is 1.35 bits per heavy atom. The van der Waals surface area contributed by atoms with Crippen LogP contribution in [-0.2, 0) is 22.7 Å². The van der Waals surface area contributed by atoms with E-state index in [1.807, 2.05) is 55.5 Å². The number of hydrogen-bond donors (Lipinski definition) is 1. The van der Waals surface area contributed by atoms with E-state index >= 15 is 0 Å². The number of carbonyl (C=O) groups is 1. The number of hydrogen-bond acceptors (Lipinski definition) is 3. The second kappa shape index (κ2) is 15.5. The highest BCUT2D eigenvalue weighted by Crippen LogP contribution is 2.16. The summed E-state index contributed by atoms with van der Waals surface area (Å²) in [4.78, 5) is 12.3. The van der Waals surface area contributed by atoms with Crippen LogP contribution in [0.1, 0.15) is 76.3 Å². The predicted octanol–water partition coefficient (Wildman–Crippen LogP) is 7.03. The minimum absolute atomic E-state index is 0.0416. The fraction of sp³-hybridized carbons (Fsp3) is 0.519. The molecule has 31 heavy (non-hydrogen) atoms. The third-order valence-corrected chi connectivity index (χ3v) is 5.52. The maximum absolute atomic E-state index is 12.3. The summed E-state index contributed by atoms with van der Waals surface area (Å²) in [5, 5.41) is 2.97. The van der Waals surface area contributed by atoms with Crippen molar-refractivity contribution in [1.82, 2.24) is 5.32 Å². The van der Waals surface area contributed by atoms with Crippen LogP contribution in [0.2, 0.25) is 0 Å². The fourth-order valence-corrected chi connectivity index (χ4v) is 3.60. The first-order chi connectivity index (χ1) is 15.2. The summed E-state index contributed by atoms with van der Waals surface area (Å²) in [5.41, 5.74) is 2.12. The molecule has 0 aliphatic carbocycles. The van der Waals surface area contributed by atoms with Gasteiger partial charge in [-0.05, 0) is 24.5 Å². The molecule has 170 valence electrons. The summed E-state index contributed by atoms with van der Waals surface area (Å²) in [7, 11) is 0. The summed E-state index contributed by atoms with van der Waals surface area (Å²) >= 11 is 0. The zero-order valence-corrected chi connectivity index (χ0v) is 19.2. The SMILES string of the molecule is CCCCCCCCC[C@H](OCc1ccccc1)[C@@H](C)NC(=O)OCc1ccccc1. The summed E-state index contributed by atoms with van der Waals surface area (Å²) in [5.74, 6) is 0. The van der Waals surface area contributed by atoms with Crippen molar-refractivity contribution in [3.8, 4) is 0 Å². The molecule has 2 aromatic carbocycles. The predicted molar refractivity (Wildman–Crippen MR) is 127 cm³/mol. The van der Waals surface area contributed by atoms with E-state index in [0.717, 1.165) is 24.0 Å². The van der Waals surface area contributed by atoms with Crippen LogP contribution in [0, 0.1) is 0 Å². The van der Waals surface area contributed by atoms with Crippen molar-refractivity contribution in [3.63, 3.8) is 0 Å². The van der Waals surface area contributed by atoms with Crippen molar-refractivity contribution in [2.24, 2.45) is 0 Å². The summed E-state index contributed by atoms with van der Waals surface area (Å²) in [6.07, 6.45) is 9.32. The molecular weight excluding hydrogens is 386 g/mol. The Kier molecular flexibility index (Phi) is 12.4. The average molecular weight is 426 g/mol. The molecule has 4 heteroatoms. The molecule has 4 nitrogen and oxygen atoms in total. The van der Waals surface area contributed by atoms with Crippen LogP contribution >= 0.6 is 0 Å². The highest BCUT2D eigenvalue weighted by atomic mass is 16.5. The van der Waals surface area contributed by atoms with Gasteiger partial charge in [-0.15, -0.1) is 0 Å². The topological polar surface area (TPSA) is 47.6 Å². The Morgan fingerprint density at radius 1 is 0.806 bits per heavy atom. The molecule has 1 N–H and O–H groups in total. The Balaban J connectivity index is 1.79. The van der Waals surface area contributed by atoms with Gasteiger partial charge in [0, 0.05) is 0 Å². The van der Waals surface area contributed by atoms with E-state index in [9.17, 15) is 4.79 Å². The van der Waals surface area contributed by atoms with Crippen LogP contribution in [0.25, 0.3) is 0 Å². The second-order valence-corrected chi connectivity index (χ2v) is 8.24. The molecule has 0 saturated carbocycles. The second-order valence-electron chi connectivity index (χ2n) is 8.24. The van der Waals surface area contributed by atoms with Gasteiger partial charge in [0.15, 0.2) is 0 Å². The highest BCUT2D eigenvalue weighted by molar-refractivity contribution is 5.67. The molecule has 2 aromatic rings. The zero-order valence-electron chi connectivity index (χ0n) is 19.2. The average Bonchev–Trinajstić information content (AvgIpc) is 2.80. The molecule has 0 radical (unpaired) electrons. The summed E-state index contributed by atoms with van der Waals surface area (Å²) in [6.45, 7) is 5.06. The first-order valence-electron chi connectivity index (χ1n) is 11.8. The van der Waals surface area contributed by atoms with Crippen LogP contribution in [0.4, 0.5) is 4.79 Å². The van der Waals surface area contributed by atoms with Crippen molar-refractivity contribution < 1.29 is 14.3 Å². The Bertz CT molecular complexity index is 705. The van der Waals surface area contributed by atoms with Gasteiger partial charge in [-0.1, -0.05) is 113 Å². The molecule has 2 rings (SSSR count). The third-order valence-electron chi connectivity index (χ3n) is 5.52. The normalized spacial score (nSPS) is 12.8. The smallest absolute Gasteiger partial charge is 0.407 e. The first kappa shape index (κ1) is 24.9. The number of carbonyl (C=O) groups excluding carboxylic acids is 1. The number of alkyl carbamates (subject to hydrolysis) is 1. The lowest BCUT2D eigenvalue weighted by Crippen LogP contribution is -2.42. The van der Waals surface area contributed by atoms with Crippen molar-refractivity contribution in [2.45, 2.75) is 90.6 Å². The van der Waals surface area contributed by atoms with Gasteiger partial charge in [0.1, 0.15) is 6.61 Å². The fourth-order valence-electron chi connectivity index (χ4n) is 3.60. The van der Waals surface area contributed by atoms with E-state index in [1.165, 1.54) is 38.5 Å².